The summed E-state index contributed by atoms with van der Waals surface area (Å²) in [5.74, 6) is -0.512. The van der Waals surface area contributed by atoms with Gasteiger partial charge in [-0.05, 0) is 24.3 Å². The van der Waals surface area contributed by atoms with E-state index in [1.54, 1.807) is 10.8 Å². The first kappa shape index (κ1) is 11.8. The van der Waals surface area contributed by atoms with Crippen LogP contribution in [0, 0.1) is 5.82 Å². The quantitative estimate of drug-likeness (QED) is 0.817. The lowest BCUT2D eigenvalue weighted by atomic mass is 10.1. The molecule has 4 nitrogen and oxygen atoms in total. The van der Waals surface area contributed by atoms with E-state index < -0.39 is 0 Å². The molecule has 6 heteroatoms. The van der Waals surface area contributed by atoms with Gasteiger partial charge in [-0.25, -0.2) is 4.39 Å². The van der Waals surface area contributed by atoms with E-state index in [2.05, 4.69) is 20.2 Å². The Morgan fingerprint density at radius 1 is 1.41 bits per heavy atom. The van der Waals surface area contributed by atoms with Crippen molar-refractivity contribution in [1.82, 2.24) is 4.57 Å². The third-order valence-corrected chi connectivity index (χ3v) is 2.52. The molecule has 0 atom stereocenters. The van der Waals surface area contributed by atoms with Crippen LogP contribution in [0.25, 0.3) is 0 Å². The van der Waals surface area contributed by atoms with Crippen LogP contribution in [0.3, 0.4) is 0 Å². The highest BCUT2D eigenvalue weighted by atomic mass is 79.9. The Balaban J connectivity index is 2.20. The summed E-state index contributed by atoms with van der Waals surface area (Å²) in [6.07, 6.45) is 3.03. The molecule has 17 heavy (non-hydrogen) atoms. The van der Waals surface area contributed by atoms with Crippen molar-refractivity contribution in [1.29, 1.82) is 0 Å². The number of hydrogen-bond acceptors (Lipinski definition) is 3. The first-order valence-electron chi connectivity index (χ1n) is 4.78. The molecule has 2 rings (SSSR count). The van der Waals surface area contributed by atoms with Crippen molar-refractivity contribution in [3.8, 4) is 0 Å². The van der Waals surface area contributed by atoms with Crippen LogP contribution < -0.4 is 5.68 Å². The molecule has 1 aromatic carbocycles. The average Bonchev–Trinajstić information content (AvgIpc) is 2.77. The van der Waals surface area contributed by atoms with Crippen molar-refractivity contribution < 1.29 is 13.6 Å². The minimum Gasteiger partial charge on any atom is -0.432 e. The summed E-state index contributed by atoms with van der Waals surface area (Å²) in [7, 11) is 0. The maximum absolute atomic E-state index is 12.7. The molecule has 0 bridgehead atoms. The summed E-state index contributed by atoms with van der Waals surface area (Å²) in [6, 6.07) is 5.40. The highest BCUT2D eigenvalue weighted by Gasteiger charge is 2.08. The van der Waals surface area contributed by atoms with Gasteiger partial charge < -0.3 is 4.42 Å². The number of aromatic nitrogens is 1. The molecule has 2 aromatic rings. The Morgan fingerprint density at radius 3 is 2.76 bits per heavy atom. The van der Waals surface area contributed by atoms with Crippen LogP contribution in [-0.4, -0.2) is 10.4 Å². The molecule has 0 radical (unpaired) electrons. The Morgan fingerprint density at radius 2 is 2.12 bits per heavy atom. The van der Waals surface area contributed by atoms with Gasteiger partial charge in [-0.1, -0.05) is 0 Å². The first-order valence-corrected chi connectivity index (χ1v) is 5.49. The number of benzene rings is 1. The molecule has 0 fully saturated rings. The van der Waals surface area contributed by atoms with Crippen molar-refractivity contribution in [2.24, 2.45) is 4.02 Å². The van der Waals surface area contributed by atoms with Gasteiger partial charge in [-0.2, -0.15) is 4.02 Å². The van der Waals surface area contributed by atoms with E-state index in [0.717, 1.165) is 0 Å². The third-order valence-electron chi connectivity index (χ3n) is 2.21. The Bertz CT molecular complexity index is 586. The van der Waals surface area contributed by atoms with Crippen LogP contribution >= 0.6 is 16.1 Å². The van der Waals surface area contributed by atoms with Crippen molar-refractivity contribution >= 4 is 21.9 Å². The molecule has 1 heterocycles. The molecule has 1 aromatic heterocycles. The summed E-state index contributed by atoms with van der Waals surface area (Å²) in [5.41, 5.74) is 0.737. The molecule has 0 spiro atoms. The van der Waals surface area contributed by atoms with Gasteiger partial charge in [0.05, 0.1) is 22.7 Å². The largest absolute Gasteiger partial charge is 0.432 e. The van der Waals surface area contributed by atoms with E-state index in [4.69, 9.17) is 4.42 Å². The molecular weight excluding hydrogens is 291 g/mol. The van der Waals surface area contributed by atoms with Gasteiger partial charge in [0.25, 0.3) is 0 Å². The van der Waals surface area contributed by atoms with E-state index in [-0.39, 0.29) is 18.1 Å². The standard InChI is InChI=1S/C11H8BrFN2O2/c12-14-11-15(5-6-17-11)7-10(16)8-1-3-9(13)4-2-8/h1-6H,7H2. The third kappa shape index (κ3) is 2.71. The van der Waals surface area contributed by atoms with Gasteiger partial charge in [-0.15, -0.1) is 0 Å². The van der Waals surface area contributed by atoms with E-state index in [9.17, 15) is 9.18 Å². The summed E-state index contributed by atoms with van der Waals surface area (Å²) < 4.78 is 22.9. The summed E-state index contributed by atoms with van der Waals surface area (Å²) in [4.78, 5) is 11.8. The second kappa shape index (κ2) is 5.09. The monoisotopic (exact) mass is 298 g/mol. The Kier molecular flexibility index (Phi) is 3.53. The zero-order valence-corrected chi connectivity index (χ0v) is 10.2. The first-order chi connectivity index (χ1) is 8.20. The molecule has 0 N–H and O–H groups in total. The molecule has 0 aliphatic rings. The number of Topliss-reactive ketones (excluding diaryl/α,β-unsaturated/α-hetero) is 1. The normalized spacial score (nSPS) is 11.8. The predicted octanol–water partition coefficient (Wildman–Crippen LogP) is 2.31. The Labute approximate surface area is 105 Å². The highest BCUT2D eigenvalue weighted by molar-refractivity contribution is 9.08. The van der Waals surface area contributed by atoms with Gasteiger partial charge in [0.15, 0.2) is 5.78 Å². The van der Waals surface area contributed by atoms with Gasteiger partial charge in [0, 0.05) is 11.8 Å². The molecule has 0 saturated carbocycles. The molecule has 0 aliphatic heterocycles. The van der Waals surface area contributed by atoms with Crippen LogP contribution in [0.15, 0.2) is 45.2 Å². The number of carbonyl (C=O) groups is 1. The van der Waals surface area contributed by atoms with Crippen LogP contribution in [0.1, 0.15) is 10.4 Å². The lowest BCUT2D eigenvalue weighted by Crippen LogP contribution is -2.20. The van der Waals surface area contributed by atoms with Crippen LogP contribution in [0.4, 0.5) is 4.39 Å². The molecule has 88 valence electrons. The summed E-state index contributed by atoms with van der Waals surface area (Å²) in [5, 5.41) is 0. The van der Waals surface area contributed by atoms with Crippen molar-refractivity contribution in [3.05, 3.63) is 53.8 Å². The molecule has 0 saturated heterocycles. The fourth-order valence-electron chi connectivity index (χ4n) is 1.37. The van der Waals surface area contributed by atoms with Crippen LogP contribution in [-0.2, 0) is 6.54 Å². The van der Waals surface area contributed by atoms with Crippen LogP contribution in [0.5, 0.6) is 0 Å². The summed E-state index contributed by atoms with van der Waals surface area (Å²) in [6.45, 7) is 0.0898. The van der Waals surface area contributed by atoms with Gasteiger partial charge in [0.2, 0.25) is 0 Å². The molecule has 0 amide bonds. The van der Waals surface area contributed by atoms with Gasteiger partial charge >= 0.3 is 5.68 Å². The van der Waals surface area contributed by atoms with E-state index in [1.807, 2.05) is 0 Å². The van der Waals surface area contributed by atoms with Crippen LogP contribution in [0.2, 0.25) is 0 Å². The second-order valence-corrected chi connectivity index (χ2v) is 3.68. The predicted molar refractivity (Wildman–Crippen MR) is 61.9 cm³/mol. The lowest BCUT2D eigenvalue weighted by Gasteiger charge is -2.01. The van der Waals surface area contributed by atoms with Crippen molar-refractivity contribution in [2.45, 2.75) is 6.54 Å². The van der Waals surface area contributed by atoms with Crippen molar-refractivity contribution in [2.75, 3.05) is 0 Å². The van der Waals surface area contributed by atoms with Gasteiger partial charge in [0.1, 0.15) is 12.1 Å². The number of oxazole rings is 1. The molecular formula is C11H8BrFN2O2. The zero-order valence-electron chi connectivity index (χ0n) is 8.64. The zero-order chi connectivity index (χ0) is 12.3. The topological polar surface area (TPSA) is 47.5 Å². The van der Waals surface area contributed by atoms with E-state index in [1.165, 1.54) is 30.5 Å². The number of nitrogens with zero attached hydrogens (tertiary/aromatic N) is 2. The number of halogens is 2. The minimum atomic E-state index is -0.367. The fraction of sp³-hybridized carbons (Fsp3) is 0.0909. The summed E-state index contributed by atoms with van der Waals surface area (Å²) >= 11 is 2.89. The maximum Gasteiger partial charge on any atom is 0.308 e. The minimum absolute atomic E-state index is 0.0898. The van der Waals surface area contributed by atoms with Gasteiger partial charge in [-0.3, -0.25) is 9.36 Å². The molecule has 0 aliphatic carbocycles. The SMILES string of the molecule is O=C(Cn1ccoc1=NBr)c1ccc(F)cc1. The maximum atomic E-state index is 12.7. The number of rotatable bonds is 3. The molecule has 0 unspecified atom stereocenters. The lowest BCUT2D eigenvalue weighted by molar-refractivity contribution is 0.0969. The Hall–Kier alpha value is -1.69. The number of carbonyl (C=O) groups excluding carboxylic acids is 1. The van der Waals surface area contributed by atoms with E-state index in [0.29, 0.717) is 11.2 Å². The number of ketones is 1. The highest BCUT2D eigenvalue weighted by Crippen LogP contribution is 2.04. The van der Waals surface area contributed by atoms with Crippen molar-refractivity contribution in [3.63, 3.8) is 0 Å². The smallest absolute Gasteiger partial charge is 0.308 e. The fourth-order valence-corrected chi connectivity index (χ4v) is 1.65. The van der Waals surface area contributed by atoms with E-state index >= 15 is 0 Å². The average molecular weight is 299 g/mol. The second-order valence-electron chi connectivity index (χ2n) is 3.33. The number of hydrogen-bond donors (Lipinski definition) is 0.